The molecule has 4 N–H and O–H groups in total. The molecule has 0 saturated heterocycles. The number of carbonyl (C=O) groups is 2. The van der Waals surface area contributed by atoms with E-state index in [1.165, 1.54) is 5.56 Å². The number of carboxylic acid groups (broad SMARTS) is 1. The Morgan fingerprint density at radius 1 is 1.19 bits per heavy atom. The van der Waals surface area contributed by atoms with Gasteiger partial charge in [0.2, 0.25) is 0 Å². The number of aryl methyl sites for hydroxylation is 3. The molecule has 1 aliphatic rings. The molecule has 0 bridgehead atoms. The standard InChI is InChI=1S/C24H27N5O3/c25-23(32)20-15-29(12-10-19-9-8-17-7-4-11-26-24(17)27-19)28-22(20)18(14-21(30)31)13-16-5-2-1-3-6-16/h1-3,5-6,8-9,15,18H,4,7,10-14H2,(H2,25,32)(H,26,27)(H,30,31). The maximum atomic E-state index is 12.1. The molecule has 166 valence electrons. The summed E-state index contributed by atoms with van der Waals surface area (Å²) < 4.78 is 1.67. The third-order valence-corrected chi connectivity index (χ3v) is 5.74. The van der Waals surface area contributed by atoms with Crippen LogP contribution in [-0.2, 0) is 30.6 Å². The van der Waals surface area contributed by atoms with Gasteiger partial charge in [0.25, 0.3) is 5.91 Å². The Hall–Kier alpha value is -3.68. The molecular weight excluding hydrogens is 406 g/mol. The van der Waals surface area contributed by atoms with Crippen LogP contribution in [0.3, 0.4) is 0 Å². The maximum Gasteiger partial charge on any atom is 0.304 e. The zero-order valence-corrected chi connectivity index (χ0v) is 17.8. The summed E-state index contributed by atoms with van der Waals surface area (Å²) in [7, 11) is 0. The quantitative estimate of drug-likeness (QED) is 0.477. The summed E-state index contributed by atoms with van der Waals surface area (Å²) in [6.45, 7) is 1.44. The van der Waals surface area contributed by atoms with Crippen molar-refractivity contribution in [1.29, 1.82) is 0 Å². The number of benzene rings is 1. The molecular formula is C24H27N5O3. The smallest absolute Gasteiger partial charge is 0.304 e. The number of nitrogens with two attached hydrogens (primary N) is 1. The Kier molecular flexibility index (Phi) is 6.49. The second kappa shape index (κ2) is 9.64. The highest BCUT2D eigenvalue weighted by Crippen LogP contribution is 2.27. The number of aromatic nitrogens is 3. The van der Waals surface area contributed by atoms with Crippen LogP contribution in [0.5, 0.6) is 0 Å². The van der Waals surface area contributed by atoms with E-state index in [1.807, 2.05) is 36.4 Å². The van der Waals surface area contributed by atoms with Crippen LogP contribution in [0.2, 0.25) is 0 Å². The molecule has 4 rings (SSSR count). The van der Waals surface area contributed by atoms with Gasteiger partial charge in [0.15, 0.2) is 0 Å². The van der Waals surface area contributed by atoms with E-state index in [1.54, 1.807) is 10.9 Å². The average molecular weight is 434 g/mol. The minimum atomic E-state index is -0.943. The minimum absolute atomic E-state index is 0.135. The number of carbonyl (C=O) groups excluding carboxylic acids is 1. The SMILES string of the molecule is NC(=O)c1cn(CCc2ccc3c(n2)NCCC3)nc1C(CC(=O)O)Cc1ccccc1. The number of rotatable bonds is 9. The van der Waals surface area contributed by atoms with Crippen LogP contribution < -0.4 is 11.1 Å². The fourth-order valence-electron chi connectivity index (χ4n) is 4.15. The van der Waals surface area contributed by atoms with E-state index in [0.29, 0.717) is 25.1 Å². The minimum Gasteiger partial charge on any atom is -0.481 e. The molecule has 0 fully saturated rings. The van der Waals surface area contributed by atoms with Crippen LogP contribution >= 0.6 is 0 Å². The van der Waals surface area contributed by atoms with Crippen molar-refractivity contribution in [2.45, 2.75) is 44.6 Å². The second-order valence-corrected chi connectivity index (χ2v) is 8.13. The summed E-state index contributed by atoms with van der Waals surface area (Å²) in [5.41, 5.74) is 9.46. The molecule has 1 unspecified atom stereocenters. The van der Waals surface area contributed by atoms with Crippen molar-refractivity contribution >= 4 is 17.7 Å². The number of hydrogen-bond donors (Lipinski definition) is 3. The lowest BCUT2D eigenvalue weighted by molar-refractivity contribution is -0.137. The van der Waals surface area contributed by atoms with Crippen molar-refractivity contribution in [2.75, 3.05) is 11.9 Å². The summed E-state index contributed by atoms with van der Waals surface area (Å²) in [6.07, 6.45) is 4.73. The van der Waals surface area contributed by atoms with Crippen LogP contribution in [0.4, 0.5) is 5.82 Å². The zero-order chi connectivity index (χ0) is 22.5. The Balaban J connectivity index is 1.55. The van der Waals surface area contributed by atoms with Crippen molar-refractivity contribution in [3.63, 3.8) is 0 Å². The van der Waals surface area contributed by atoms with Gasteiger partial charge in [-0.1, -0.05) is 36.4 Å². The Bertz CT molecular complexity index is 1110. The largest absolute Gasteiger partial charge is 0.481 e. The van der Waals surface area contributed by atoms with Crippen molar-refractivity contribution in [3.8, 4) is 0 Å². The van der Waals surface area contributed by atoms with Gasteiger partial charge in [-0.05, 0) is 36.5 Å². The van der Waals surface area contributed by atoms with Crippen LogP contribution in [0.15, 0.2) is 48.7 Å². The van der Waals surface area contributed by atoms with E-state index in [-0.39, 0.29) is 12.0 Å². The Labute approximate surface area is 186 Å². The molecule has 1 amide bonds. The number of nitrogens with one attached hydrogen (secondary N) is 1. The first-order chi connectivity index (χ1) is 15.5. The van der Waals surface area contributed by atoms with Crippen molar-refractivity contribution in [1.82, 2.24) is 14.8 Å². The summed E-state index contributed by atoms with van der Waals surface area (Å²) in [5.74, 6) is -1.06. The number of amides is 1. The van der Waals surface area contributed by atoms with Crippen molar-refractivity contribution in [2.24, 2.45) is 5.73 Å². The van der Waals surface area contributed by atoms with Gasteiger partial charge in [-0.2, -0.15) is 5.10 Å². The summed E-state index contributed by atoms with van der Waals surface area (Å²) >= 11 is 0. The summed E-state index contributed by atoms with van der Waals surface area (Å²) in [6, 6.07) is 13.7. The van der Waals surface area contributed by atoms with E-state index in [0.717, 1.165) is 36.5 Å². The van der Waals surface area contributed by atoms with Gasteiger partial charge >= 0.3 is 5.97 Å². The maximum absolute atomic E-state index is 12.1. The number of pyridine rings is 1. The van der Waals surface area contributed by atoms with E-state index in [9.17, 15) is 14.7 Å². The molecule has 1 aliphatic heterocycles. The topological polar surface area (TPSA) is 123 Å². The van der Waals surface area contributed by atoms with Gasteiger partial charge in [-0.25, -0.2) is 4.98 Å². The molecule has 3 aromatic rings. The monoisotopic (exact) mass is 433 g/mol. The third-order valence-electron chi connectivity index (χ3n) is 5.74. The van der Waals surface area contributed by atoms with E-state index >= 15 is 0 Å². The third kappa shape index (κ3) is 5.14. The first kappa shape index (κ1) is 21.5. The number of carboxylic acids is 1. The molecule has 1 aromatic carbocycles. The molecule has 0 radical (unpaired) electrons. The molecule has 8 heteroatoms. The number of anilines is 1. The van der Waals surface area contributed by atoms with Crippen LogP contribution in [-0.4, -0.2) is 38.3 Å². The number of nitrogens with zero attached hydrogens (tertiary/aromatic N) is 3. The van der Waals surface area contributed by atoms with Crippen LogP contribution in [0.1, 0.15) is 51.6 Å². The first-order valence-electron chi connectivity index (χ1n) is 10.8. The summed E-state index contributed by atoms with van der Waals surface area (Å²) in [4.78, 5) is 28.3. The second-order valence-electron chi connectivity index (χ2n) is 8.13. The van der Waals surface area contributed by atoms with Crippen molar-refractivity contribution < 1.29 is 14.7 Å². The lowest BCUT2D eigenvalue weighted by Crippen LogP contribution is -2.17. The van der Waals surface area contributed by atoms with Crippen molar-refractivity contribution in [3.05, 3.63) is 76.7 Å². The molecule has 0 aliphatic carbocycles. The van der Waals surface area contributed by atoms with Gasteiger partial charge in [-0.15, -0.1) is 0 Å². The number of fused-ring (bicyclic) bond motifs is 1. The molecule has 8 nitrogen and oxygen atoms in total. The highest BCUT2D eigenvalue weighted by Gasteiger charge is 2.25. The normalized spacial score (nSPS) is 13.8. The highest BCUT2D eigenvalue weighted by atomic mass is 16.4. The molecule has 1 atom stereocenters. The molecule has 32 heavy (non-hydrogen) atoms. The van der Waals surface area contributed by atoms with Gasteiger partial charge in [-0.3, -0.25) is 14.3 Å². The van der Waals surface area contributed by atoms with Crippen LogP contribution in [0.25, 0.3) is 0 Å². The van der Waals surface area contributed by atoms with Crippen LogP contribution in [0, 0.1) is 0 Å². The van der Waals surface area contributed by atoms with Gasteiger partial charge in [0.05, 0.1) is 17.7 Å². The van der Waals surface area contributed by atoms with E-state index in [2.05, 4.69) is 16.5 Å². The fraction of sp³-hybridized carbons (Fsp3) is 0.333. The lowest BCUT2D eigenvalue weighted by atomic mass is 9.91. The predicted octanol–water partition coefficient (Wildman–Crippen LogP) is 2.78. The molecule has 0 saturated carbocycles. The highest BCUT2D eigenvalue weighted by molar-refractivity contribution is 5.94. The lowest BCUT2D eigenvalue weighted by Gasteiger charge is -2.17. The number of aliphatic carboxylic acids is 1. The van der Waals surface area contributed by atoms with E-state index in [4.69, 9.17) is 10.7 Å². The Morgan fingerprint density at radius 2 is 2.00 bits per heavy atom. The number of hydrogen-bond acceptors (Lipinski definition) is 5. The number of primary amides is 1. The molecule has 2 aromatic heterocycles. The van der Waals surface area contributed by atoms with Gasteiger partial charge in [0.1, 0.15) is 5.82 Å². The molecule has 3 heterocycles. The van der Waals surface area contributed by atoms with E-state index < -0.39 is 17.8 Å². The summed E-state index contributed by atoms with van der Waals surface area (Å²) in [5, 5.41) is 17.4. The Morgan fingerprint density at radius 3 is 2.75 bits per heavy atom. The van der Waals surface area contributed by atoms with Gasteiger partial charge < -0.3 is 16.2 Å². The first-order valence-corrected chi connectivity index (χ1v) is 10.8. The zero-order valence-electron chi connectivity index (χ0n) is 17.8. The van der Waals surface area contributed by atoms with Gasteiger partial charge in [0, 0.05) is 37.3 Å². The molecule has 0 spiro atoms. The fourth-order valence-corrected chi connectivity index (χ4v) is 4.15. The predicted molar refractivity (Wildman–Crippen MR) is 121 cm³/mol. The average Bonchev–Trinajstić information content (AvgIpc) is 3.22.